The average Bonchev–Trinajstić information content (AvgIpc) is 2.78. The van der Waals surface area contributed by atoms with Gasteiger partial charge in [-0.3, -0.25) is 0 Å². The summed E-state index contributed by atoms with van der Waals surface area (Å²) in [4.78, 5) is 0. The summed E-state index contributed by atoms with van der Waals surface area (Å²) < 4.78 is 6.50. The van der Waals surface area contributed by atoms with E-state index < -0.39 is 0 Å². The molecule has 1 heterocycles. The fraction of sp³-hybridized carbons (Fsp3) is 0.200. The highest BCUT2D eigenvalue weighted by molar-refractivity contribution is 5.55. The van der Waals surface area contributed by atoms with Gasteiger partial charge >= 0.3 is 0 Å². The Morgan fingerprint density at radius 1 is 1.38 bits per heavy atom. The molecular formula is C10H9N5O. The zero-order chi connectivity index (χ0) is 11.4. The molecule has 0 saturated heterocycles. The quantitative estimate of drug-likeness (QED) is 0.759. The molecule has 1 aromatic heterocycles. The minimum absolute atomic E-state index is 0.133. The molecule has 0 radical (unpaired) electrons. The fourth-order valence-corrected chi connectivity index (χ4v) is 1.32. The number of hydrogen-bond donors (Lipinski definition) is 0. The number of nitrogens with zero attached hydrogens (tertiary/aromatic N) is 5. The number of nitriles is 1. The first-order chi connectivity index (χ1) is 7.85. The molecule has 0 amide bonds. The van der Waals surface area contributed by atoms with Crippen LogP contribution < -0.4 is 4.74 Å². The third-order valence-electron chi connectivity index (χ3n) is 2.10. The molecule has 2 rings (SSSR count). The summed E-state index contributed by atoms with van der Waals surface area (Å²) in [7, 11) is 1.61. The summed E-state index contributed by atoms with van der Waals surface area (Å²) in [5.74, 6) is 1.34. The molecule has 0 saturated carbocycles. The number of methoxy groups -OCH3 is 1. The lowest BCUT2D eigenvalue weighted by Crippen LogP contribution is -2.00. The largest absolute Gasteiger partial charge is 0.497 e. The van der Waals surface area contributed by atoms with E-state index >= 15 is 0 Å². The molecule has 6 heteroatoms. The first kappa shape index (κ1) is 10.1. The average molecular weight is 215 g/mol. The van der Waals surface area contributed by atoms with E-state index in [1.165, 1.54) is 4.68 Å². The van der Waals surface area contributed by atoms with Crippen LogP contribution in [0.25, 0.3) is 11.4 Å². The van der Waals surface area contributed by atoms with Crippen LogP contribution in [0, 0.1) is 11.3 Å². The van der Waals surface area contributed by atoms with Crippen LogP contribution in [0.4, 0.5) is 0 Å². The van der Waals surface area contributed by atoms with Crippen molar-refractivity contribution in [1.82, 2.24) is 20.2 Å². The lowest BCUT2D eigenvalue weighted by atomic mass is 10.2. The van der Waals surface area contributed by atoms with Crippen LogP contribution in [-0.4, -0.2) is 27.3 Å². The third-order valence-corrected chi connectivity index (χ3v) is 2.10. The highest BCUT2D eigenvalue weighted by Gasteiger charge is 2.07. The van der Waals surface area contributed by atoms with Crippen LogP contribution in [0.3, 0.4) is 0 Å². The van der Waals surface area contributed by atoms with E-state index in [4.69, 9.17) is 10.00 Å². The lowest BCUT2D eigenvalue weighted by molar-refractivity contribution is 0.415. The summed E-state index contributed by atoms with van der Waals surface area (Å²) in [6.07, 6.45) is 0. The molecule has 2 aromatic rings. The monoisotopic (exact) mass is 215 g/mol. The Morgan fingerprint density at radius 3 is 2.75 bits per heavy atom. The van der Waals surface area contributed by atoms with Crippen molar-refractivity contribution in [3.05, 3.63) is 24.3 Å². The maximum absolute atomic E-state index is 8.61. The molecule has 0 aliphatic rings. The fourth-order valence-electron chi connectivity index (χ4n) is 1.32. The molecule has 0 aliphatic carbocycles. The van der Waals surface area contributed by atoms with E-state index in [9.17, 15) is 0 Å². The summed E-state index contributed by atoms with van der Waals surface area (Å²) in [5, 5.41) is 19.7. The van der Waals surface area contributed by atoms with Crippen LogP contribution >= 0.6 is 0 Å². The number of aromatic nitrogens is 4. The molecule has 0 N–H and O–H groups in total. The number of hydrogen-bond acceptors (Lipinski definition) is 5. The smallest absolute Gasteiger partial charge is 0.183 e. The van der Waals surface area contributed by atoms with Gasteiger partial charge in [0.15, 0.2) is 5.82 Å². The highest BCUT2D eigenvalue weighted by atomic mass is 16.5. The molecular weight excluding hydrogens is 206 g/mol. The van der Waals surface area contributed by atoms with Gasteiger partial charge in [-0.2, -0.15) is 5.26 Å². The van der Waals surface area contributed by atoms with Gasteiger partial charge in [-0.25, -0.2) is 4.68 Å². The van der Waals surface area contributed by atoms with E-state index in [1.54, 1.807) is 7.11 Å². The molecule has 6 nitrogen and oxygen atoms in total. The predicted molar refractivity (Wildman–Crippen MR) is 55.4 cm³/mol. The van der Waals surface area contributed by atoms with Gasteiger partial charge in [0.05, 0.1) is 13.2 Å². The highest BCUT2D eigenvalue weighted by Crippen LogP contribution is 2.19. The Hall–Kier alpha value is -2.42. The van der Waals surface area contributed by atoms with E-state index in [0.29, 0.717) is 5.82 Å². The second-order valence-corrected chi connectivity index (χ2v) is 3.05. The lowest BCUT2D eigenvalue weighted by Gasteiger charge is -2.02. The van der Waals surface area contributed by atoms with Gasteiger partial charge < -0.3 is 4.74 Å². The Labute approximate surface area is 92.1 Å². The first-order valence-electron chi connectivity index (χ1n) is 4.62. The minimum Gasteiger partial charge on any atom is -0.497 e. The van der Waals surface area contributed by atoms with Gasteiger partial charge in [0.1, 0.15) is 12.3 Å². The molecule has 0 fully saturated rings. The van der Waals surface area contributed by atoms with E-state index in [-0.39, 0.29) is 6.54 Å². The summed E-state index contributed by atoms with van der Waals surface area (Å²) in [5.41, 5.74) is 0.848. The van der Waals surface area contributed by atoms with E-state index in [0.717, 1.165) is 11.3 Å². The van der Waals surface area contributed by atoms with Crippen molar-refractivity contribution < 1.29 is 4.74 Å². The molecule has 1 aromatic carbocycles. The van der Waals surface area contributed by atoms with Gasteiger partial charge in [-0.15, -0.1) is 5.10 Å². The summed E-state index contributed by atoms with van der Waals surface area (Å²) in [6, 6.07) is 9.33. The number of tetrazole rings is 1. The van der Waals surface area contributed by atoms with Crippen molar-refractivity contribution in [1.29, 1.82) is 5.26 Å². The maximum atomic E-state index is 8.61. The zero-order valence-corrected chi connectivity index (χ0v) is 8.66. The molecule has 0 spiro atoms. The van der Waals surface area contributed by atoms with Gasteiger partial charge in [-0.1, -0.05) is 0 Å². The Balaban J connectivity index is 2.35. The summed E-state index contributed by atoms with van der Waals surface area (Å²) in [6.45, 7) is 0.133. The number of benzene rings is 1. The van der Waals surface area contributed by atoms with Crippen LogP contribution in [0.1, 0.15) is 0 Å². The third kappa shape index (κ3) is 1.83. The molecule has 0 bridgehead atoms. The maximum Gasteiger partial charge on any atom is 0.183 e. The number of ether oxygens (including phenoxy) is 1. The van der Waals surface area contributed by atoms with Crippen molar-refractivity contribution in [3.63, 3.8) is 0 Å². The summed E-state index contributed by atoms with van der Waals surface area (Å²) >= 11 is 0. The Bertz CT molecular complexity index is 511. The first-order valence-corrected chi connectivity index (χ1v) is 4.62. The van der Waals surface area contributed by atoms with Crippen molar-refractivity contribution in [2.24, 2.45) is 0 Å². The van der Waals surface area contributed by atoms with Crippen molar-refractivity contribution in [3.8, 4) is 23.2 Å². The SMILES string of the molecule is COc1ccc(-c2nnnn2CC#N)cc1. The van der Waals surface area contributed by atoms with Crippen molar-refractivity contribution >= 4 is 0 Å². The Kier molecular flexibility index (Phi) is 2.78. The van der Waals surface area contributed by atoms with Crippen LogP contribution in [-0.2, 0) is 6.54 Å². The zero-order valence-electron chi connectivity index (χ0n) is 8.66. The van der Waals surface area contributed by atoms with Crippen molar-refractivity contribution in [2.75, 3.05) is 7.11 Å². The van der Waals surface area contributed by atoms with Crippen LogP contribution in [0.15, 0.2) is 24.3 Å². The predicted octanol–water partition coefficient (Wildman–Crippen LogP) is 0.872. The van der Waals surface area contributed by atoms with Gasteiger partial charge in [0.2, 0.25) is 0 Å². The van der Waals surface area contributed by atoms with Crippen LogP contribution in [0.5, 0.6) is 5.75 Å². The van der Waals surface area contributed by atoms with Gasteiger partial charge in [0.25, 0.3) is 0 Å². The van der Waals surface area contributed by atoms with E-state index in [2.05, 4.69) is 15.5 Å². The standard InChI is InChI=1S/C10H9N5O/c1-16-9-4-2-8(3-5-9)10-12-13-14-15(10)7-6-11/h2-5H,7H2,1H3. The van der Waals surface area contributed by atoms with Crippen molar-refractivity contribution in [2.45, 2.75) is 6.54 Å². The van der Waals surface area contributed by atoms with Gasteiger partial charge in [0, 0.05) is 5.56 Å². The topological polar surface area (TPSA) is 76.6 Å². The number of rotatable bonds is 3. The van der Waals surface area contributed by atoms with Crippen LogP contribution in [0.2, 0.25) is 0 Å². The second kappa shape index (κ2) is 4.40. The molecule has 0 atom stereocenters. The molecule has 16 heavy (non-hydrogen) atoms. The second-order valence-electron chi connectivity index (χ2n) is 3.05. The Morgan fingerprint density at radius 2 is 2.12 bits per heavy atom. The van der Waals surface area contributed by atoms with Gasteiger partial charge in [-0.05, 0) is 34.7 Å². The molecule has 0 unspecified atom stereocenters. The minimum atomic E-state index is 0.133. The molecule has 0 aliphatic heterocycles. The molecule has 80 valence electrons. The normalized spacial score (nSPS) is 9.75. The van der Waals surface area contributed by atoms with E-state index in [1.807, 2.05) is 30.3 Å².